The summed E-state index contributed by atoms with van der Waals surface area (Å²) in [6, 6.07) is 17.1. The Bertz CT molecular complexity index is 1230. The lowest BCUT2D eigenvalue weighted by Gasteiger charge is -2.26. The summed E-state index contributed by atoms with van der Waals surface area (Å²) in [5, 5.41) is 1.67. The van der Waals surface area contributed by atoms with Crippen LogP contribution < -0.4 is 4.31 Å². The molecule has 182 valence electrons. The SMILES string of the molecule is COCN(c1ccsc1C(=O)OC)S(=O)(=O)c1ccc(C(C)(C)C)cc1CCc1ccccc1. The molecule has 0 aliphatic carbocycles. The van der Waals surface area contributed by atoms with Gasteiger partial charge in [-0.1, -0.05) is 63.2 Å². The van der Waals surface area contributed by atoms with Crippen LogP contribution in [0.15, 0.2) is 64.9 Å². The zero-order chi connectivity index (χ0) is 24.9. The molecule has 1 aromatic heterocycles. The molecule has 3 aromatic rings. The van der Waals surface area contributed by atoms with E-state index < -0.39 is 16.0 Å². The first-order chi connectivity index (χ1) is 16.1. The first-order valence-corrected chi connectivity index (χ1v) is 13.3. The van der Waals surface area contributed by atoms with Crippen molar-refractivity contribution in [2.75, 3.05) is 25.3 Å². The van der Waals surface area contributed by atoms with E-state index in [0.29, 0.717) is 12.8 Å². The van der Waals surface area contributed by atoms with Crippen LogP contribution in [0.4, 0.5) is 5.69 Å². The van der Waals surface area contributed by atoms with Crippen LogP contribution in [0, 0.1) is 0 Å². The summed E-state index contributed by atoms with van der Waals surface area (Å²) in [6.07, 6.45) is 1.25. The molecule has 3 rings (SSSR count). The topological polar surface area (TPSA) is 72.9 Å². The average Bonchev–Trinajstić information content (AvgIpc) is 3.29. The van der Waals surface area contributed by atoms with Crippen molar-refractivity contribution in [1.29, 1.82) is 0 Å². The highest BCUT2D eigenvalue weighted by atomic mass is 32.2. The maximum Gasteiger partial charge on any atom is 0.350 e. The normalized spacial score (nSPS) is 11.9. The van der Waals surface area contributed by atoms with E-state index in [2.05, 4.69) is 20.8 Å². The molecule has 34 heavy (non-hydrogen) atoms. The van der Waals surface area contributed by atoms with Gasteiger partial charge in [0.15, 0.2) is 0 Å². The van der Waals surface area contributed by atoms with E-state index >= 15 is 0 Å². The van der Waals surface area contributed by atoms with Gasteiger partial charge in [0.25, 0.3) is 10.0 Å². The number of aryl methyl sites for hydroxylation is 2. The van der Waals surface area contributed by atoms with Gasteiger partial charge in [-0.15, -0.1) is 11.3 Å². The molecule has 6 nitrogen and oxygen atoms in total. The number of thiophene rings is 1. The summed E-state index contributed by atoms with van der Waals surface area (Å²) in [7, 11) is -1.35. The minimum absolute atomic E-state index is 0.137. The quantitative estimate of drug-likeness (QED) is 0.289. The predicted molar refractivity (Wildman–Crippen MR) is 136 cm³/mol. The maximum absolute atomic E-state index is 14.0. The van der Waals surface area contributed by atoms with Gasteiger partial charge in [0, 0.05) is 7.11 Å². The molecule has 0 bridgehead atoms. The number of anilines is 1. The smallest absolute Gasteiger partial charge is 0.350 e. The zero-order valence-electron chi connectivity index (χ0n) is 20.2. The van der Waals surface area contributed by atoms with Crippen LogP contribution in [0.2, 0.25) is 0 Å². The van der Waals surface area contributed by atoms with Crippen LogP contribution in [-0.2, 0) is 37.8 Å². The second-order valence-electron chi connectivity index (χ2n) is 8.96. The monoisotopic (exact) mass is 501 g/mol. The molecule has 0 amide bonds. The fourth-order valence-corrected chi connectivity index (χ4v) is 6.16. The maximum atomic E-state index is 14.0. The van der Waals surface area contributed by atoms with E-state index in [1.54, 1.807) is 17.5 Å². The Morgan fingerprint density at radius 3 is 2.32 bits per heavy atom. The first kappa shape index (κ1) is 25.9. The number of methoxy groups -OCH3 is 2. The van der Waals surface area contributed by atoms with Gasteiger partial charge in [-0.2, -0.15) is 0 Å². The van der Waals surface area contributed by atoms with E-state index in [0.717, 1.165) is 32.3 Å². The number of benzene rings is 2. The van der Waals surface area contributed by atoms with E-state index in [-0.39, 0.29) is 27.6 Å². The van der Waals surface area contributed by atoms with Crippen molar-refractivity contribution in [2.45, 2.75) is 43.9 Å². The number of hydrogen-bond acceptors (Lipinski definition) is 6. The minimum atomic E-state index is -4.04. The van der Waals surface area contributed by atoms with Crippen molar-refractivity contribution in [2.24, 2.45) is 0 Å². The van der Waals surface area contributed by atoms with Gasteiger partial charge in [0.05, 0.1) is 17.7 Å². The van der Waals surface area contributed by atoms with E-state index in [9.17, 15) is 13.2 Å². The van der Waals surface area contributed by atoms with Crippen molar-refractivity contribution in [1.82, 2.24) is 0 Å². The Morgan fingerprint density at radius 2 is 1.71 bits per heavy atom. The van der Waals surface area contributed by atoms with Crippen molar-refractivity contribution < 1.29 is 22.7 Å². The average molecular weight is 502 g/mol. The van der Waals surface area contributed by atoms with Crippen molar-refractivity contribution in [3.63, 3.8) is 0 Å². The number of esters is 1. The third-order valence-electron chi connectivity index (χ3n) is 5.55. The van der Waals surface area contributed by atoms with Crippen LogP contribution in [-0.4, -0.2) is 35.3 Å². The summed E-state index contributed by atoms with van der Waals surface area (Å²) in [4.78, 5) is 12.7. The summed E-state index contributed by atoms with van der Waals surface area (Å²) >= 11 is 1.13. The van der Waals surface area contributed by atoms with Crippen molar-refractivity contribution >= 4 is 33.0 Å². The van der Waals surface area contributed by atoms with E-state index in [1.165, 1.54) is 14.2 Å². The van der Waals surface area contributed by atoms with Gasteiger partial charge in [0.1, 0.15) is 11.6 Å². The molecule has 0 aliphatic rings. The highest BCUT2D eigenvalue weighted by Gasteiger charge is 2.32. The summed E-state index contributed by atoms with van der Waals surface area (Å²) < 4.78 is 39.2. The first-order valence-electron chi connectivity index (χ1n) is 10.9. The van der Waals surface area contributed by atoms with Crippen LogP contribution in [0.5, 0.6) is 0 Å². The summed E-state index contributed by atoms with van der Waals surface area (Å²) in [5.74, 6) is -0.589. The molecule has 2 aromatic carbocycles. The van der Waals surface area contributed by atoms with Crippen LogP contribution >= 0.6 is 11.3 Å². The van der Waals surface area contributed by atoms with Crippen LogP contribution in [0.1, 0.15) is 47.1 Å². The minimum Gasteiger partial charge on any atom is -0.465 e. The largest absolute Gasteiger partial charge is 0.465 e. The summed E-state index contributed by atoms with van der Waals surface area (Å²) in [6.45, 7) is 6.07. The molecular weight excluding hydrogens is 470 g/mol. The van der Waals surface area contributed by atoms with Crippen LogP contribution in [0.3, 0.4) is 0 Å². The number of rotatable bonds is 9. The lowest BCUT2D eigenvalue weighted by Crippen LogP contribution is -2.34. The van der Waals surface area contributed by atoms with Gasteiger partial charge in [-0.05, 0) is 52.5 Å². The standard InChI is InChI=1S/C26H31NO5S2/c1-26(2,3)21-13-14-23(20(17-21)12-11-19-9-7-6-8-10-19)34(29,30)27(18-31-4)22-15-16-33-24(22)25(28)32-5/h6-10,13-17H,11-12,18H2,1-5H3. The molecule has 0 fully saturated rings. The highest BCUT2D eigenvalue weighted by Crippen LogP contribution is 2.34. The number of carbonyl (C=O) groups excluding carboxylic acids is 1. The molecule has 0 unspecified atom stereocenters. The molecule has 0 atom stereocenters. The Labute approximate surface area is 206 Å². The zero-order valence-corrected chi connectivity index (χ0v) is 21.8. The highest BCUT2D eigenvalue weighted by molar-refractivity contribution is 7.93. The number of carbonyl (C=O) groups is 1. The molecule has 0 saturated heterocycles. The number of sulfonamides is 1. The van der Waals surface area contributed by atoms with Gasteiger partial charge < -0.3 is 9.47 Å². The third kappa shape index (κ3) is 5.68. The molecule has 0 aliphatic heterocycles. The second kappa shape index (κ2) is 10.7. The molecule has 1 heterocycles. The third-order valence-corrected chi connectivity index (χ3v) is 8.27. The Balaban J connectivity index is 2.10. The number of ether oxygens (including phenoxy) is 2. The van der Waals surface area contributed by atoms with Gasteiger partial charge in [-0.3, -0.25) is 0 Å². The Kier molecular flexibility index (Phi) is 8.17. The molecule has 0 N–H and O–H groups in total. The van der Waals surface area contributed by atoms with Gasteiger partial charge in [0.2, 0.25) is 0 Å². The lowest BCUT2D eigenvalue weighted by molar-refractivity contribution is 0.0607. The lowest BCUT2D eigenvalue weighted by atomic mass is 9.85. The van der Waals surface area contributed by atoms with Crippen molar-refractivity contribution in [3.05, 3.63) is 81.5 Å². The van der Waals surface area contributed by atoms with Gasteiger partial charge >= 0.3 is 5.97 Å². The Morgan fingerprint density at radius 1 is 1.00 bits per heavy atom. The molecule has 0 spiro atoms. The van der Waals surface area contributed by atoms with Gasteiger partial charge in [-0.25, -0.2) is 17.5 Å². The molecule has 0 saturated carbocycles. The van der Waals surface area contributed by atoms with E-state index in [4.69, 9.17) is 9.47 Å². The van der Waals surface area contributed by atoms with Crippen molar-refractivity contribution in [3.8, 4) is 0 Å². The molecule has 0 radical (unpaired) electrons. The van der Waals surface area contributed by atoms with Crippen LogP contribution in [0.25, 0.3) is 0 Å². The fourth-order valence-electron chi connectivity index (χ4n) is 3.67. The second-order valence-corrected chi connectivity index (χ2v) is 11.7. The molecular formula is C26H31NO5S2. The molecule has 8 heteroatoms. The predicted octanol–water partition coefficient (Wildman–Crippen LogP) is 5.42. The number of hydrogen-bond donors (Lipinski definition) is 0. The number of nitrogens with zero attached hydrogens (tertiary/aromatic N) is 1. The summed E-state index contributed by atoms with van der Waals surface area (Å²) in [5.41, 5.74) is 3.02. The Hall–Kier alpha value is -2.68. The van der Waals surface area contributed by atoms with E-state index in [1.807, 2.05) is 42.5 Å². The fraction of sp³-hybridized carbons (Fsp3) is 0.346.